The molecule has 0 amide bonds. The van der Waals surface area contributed by atoms with Crippen molar-refractivity contribution < 1.29 is 5.11 Å². The van der Waals surface area contributed by atoms with Gasteiger partial charge in [-0.15, -0.1) is 0 Å². The van der Waals surface area contributed by atoms with Crippen LogP contribution in [-0.4, -0.2) is 31.6 Å². The normalized spacial score (nSPS) is 12.0. The number of aliphatic hydroxyl groups excluding tert-OH is 1. The number of anilines is 1. The van der Waals surface area contributed by atoms with Crippen LogP contribution < -0.4 is 5.32 Å². The van der Waals surface area contributed by atoms with Gasteiger partial charge in [-0.2, -0.15) is 0 Å². The van der Waals surface area contributed by atoms with Gasteiger partial charge in [-0.3, -0.25) is 0 Å². The summed E-state index contributed by atoms with van der Waals surface area (Å²) in [5, 5.41) is 14.5. The van der Waals surface area contributed by atoms with Gasteiger partial charge < -0.3 is 10.4 Å². The van der Waals surface area contributed by atoms with Crippen LogP contribution in [0.3, 0.4) is 0 Å². The van der Waals surface area contributed by atoms with Crippen molar-refractivity contribution in [3.8, 4) is 22.5 Å². The molecular formula is C26H23N5O. The van der Waals surface area contributed by atoms with E-state index in [1.54, 1.807) is 12.4 Å². The van der Waals surface area contributed by atoms with Gasteiger partial charge in [-0.25, -0.2) is 19.9 Å². The molecule has 2 heterocycles. The van der Waals surface area contributed by atoms with Crippen LogP contribution in [-0.2, 0) is 0 Å². The Morgan fingerprint density at radius 3 is 2.50 bits per heavy atom. The Bertz CT molecular complexity index is 1300. The third-order valence-corrected chi connectivity index (χ3v) is 4.96. The van der Waals surface area contributed by atoms with E-state index in [9.17, 15) is 5.11 Å². The summed E-state index contributed by atoms with van der Waals surface area (Å²) in [6.45, 7) is 5.93. The Hall–Kier alpha value is -4.32. The maximum Gasteiger partial charge on any atom is 0.165 e. The first kappa shape index (κ1) is 20.9. The van der Waals surface area contributed by atoms with E-state index in [2.05, 4.69) is 40.1 Å². The summed E-state index contributed by atoms with van der Waals surface area (Å²) in [5.74, 6) is 1.30. The van der Waals surface area contributed by atoms with Crippen molar-refractivity contribution in [1.29, 1.82) is 0 Å². The summed E-state index contributed by atoms with van der Waals surface area (Å²) >= 11 is 0. The topological polar surface area (TPSA) is 83.8 Å². The summed E-state index contributed by atoms with van der Waals surface area (Å²) in [6.07, 6.45) is 10.00. The lowest BCUT2D eigenvalue weighted by Crippen LogP contribution is -2.09. The van der Waals surface area contributed by atoms with Gasteiger partial charge in [0.25, 0.3) is 0 Å². The van der Waals surface area contributed by atoms with Crippen LogP contribution in [0.25, 0.3) is 33.4 Å². The Labute approximate surface area is 186 Å². The molecule has 158 valence electrons. The Morgan fingerprint density at radius 1 is 1.00 bits per heavy atom. The lowest BCUT2D eigenvalue weighted by atomic mass is 10.0. The number of fused-ring (bicyclic) bond motifs is 1. The number of aliphatic hydroxyl groups is 1. The zero-order valence-electron chi connectivity index (χ0n) is 17.7. The molecule has 0 aliphatic carbocycles. The van der Waals surface area contributed by atoms with Gasteiger partial charge in [0.2, 0.25) is 0 Å². The summed E-state index contributed by atoms with van der Waals surface area (Å²) in [5.41, 5.74) is 4.31. The van der Waals surface area contributed by atoms with Gasteiger partial charge in [-0.05, 0) is 30.2 Å². The molecular weight excluding hydrogens is 398 g/mol. The van der Waals surface area contributed by atoms with E-state index >= 15 is 0 Å². The fourth-order valence-corrected chi connectivity index (χ4v) is 3.46. The molecule has 6 nitrogen and oxygen atoms in total. The first-order valence-corrected chi connectivity index (χ1v) is 10.2. The first-order chi connectivity index (χ1) is 15.7. The van der Waals surface area contributed by atoms with Crippen molar-refractivity contribution in [2.45, 2.75) is 6.92 Å². The molecule has 0 fully saturated rings. The second-order valence-corrected chi connectivity index (χ2v) is 7.06. The molecule has 0 atom stereocenters. The molecule has 4 aromatic rings. The number of aromatic nitrogens is 4. The number of hydrogen-bond acceptors (Lipinski definition) is 6. The van der Waals surface area contributed by atoms with Crippen LogP contribution in [0.1, 0.15) is 6.92 Å². The van der Waals surface area contributed by atoms with Gasteiger partial charge in [0.05, 0.1) is 16.5 Å². The zero-order valence-corrected chi connectivity index (χ0v) is 17.7. The second kappa shape index (κ2) is 9.66. The molecule has 2 aromatic carbocycles. The minimum Gasteiger partial charge on any atom is -0.508 e. The van der Waals surface area contributed by atoms with Crippen molar-refractivity contribution in [1.82, 2.24) is 19.9 Å². The molecule has 0 saturated heterocycles. The lowest BCUT2D eigenvalue weighted by molar-refractivity contribution is 0.427. The van der Waals surface area contributed by atoms with Crippen molar-refractivity contribution in [2.24, 2.45) is 0 Å². The van der Waals surface area contributed by atoms with E-state index in [0.717, 1.165) is 27.6 Å². The Balaban J connectivity index is 1.90. The monoisotopic (exact) mass is 421 g/mol. The fourth-order valence-electron chi connectivity index (χ4n) is 3.46. The van der Waals surface area contributed by atoms with Crippen molar-refractivity contribution >= 4 is 16.7 Å². The summed E-state index contributed by atoms with van der Waals surface area (Å²) in [6, 6.07) is 16.1. The fraction of sp³-hybridized carbons (Fsp3) is 0.0769. The highest BCUT2D eigenvalue weighted by atomic mass is 16.3. The smallest absolute Gasteiger partial charge is 0.165 e. The molecule has 0 aliphatic rings. The van der Waals surface area contributed by atoms with Gasteiger partial charge >= 0.3 is 0 Å². The molecule has 32 heavy (non-hydrogen) atoms. The minimum atomic E-state index is 0.119. The summed E-state index contributed by atoms with van der Waals surface area (Å²) in [4.78, 5) is 17.8. The third kappa shape index (κ3) is 4.39. The van der Waals surface area contributed by atoms with Gasteiger partial charge in [0.1, 0.15) is 17.9 Å². The molecule has 6 heteroatoms. The molecule has 0 unspecified atom stereocenters. The van der Waals surface area contributed by atoms with E-state index in [1.165, 1.54) is 12.4 Å². The van der Waals surface area contributed by atoms with Crippen molar-refractivity contribution in [3.05, 3.63) is 103 Å². The molecule has 0 radical (unpaired) electrons. The number of nitrogens with one attached hydrogen (secondary N) is 1. The maximum absolute atomic E-state index is 10.2. The van der Waals surface area contributed by atoms with Crippen LogP contribution >= 0.6 is 0 Å². The van der Waals surface area contributed by atoms with E-state index in [1.807, 2.05) is 49.4 Å². The van der Waals surface area contributed by atoms with Crippen molar-refractivity contribution in [2.75, 3.05) is 11.9 Å². The Kier molecular flexibility index (Phi) is 6.32. The molecule has 0 aliphatic heterocycles. The number of allylic oxidation sites excluding steroid dienone is 2. The highest BCUT2D eigenvalue weighted by Crippen LogP contribution is 2.33. The van der Waals surface area contributed by atoms with E-state index in [-0.39, 0.29) is 5.76 Å². The molecule has 0 saturated carbocycles. The quantitative estimate of drug-likeness (QED) is 0.292. The minimum absolute atomic E-state index is 0.119. The molecule has 0 bridgehead atoms. The second-order valence-electron chi connectivity index (χ2n) is 7.06. The van der Waals surface area contributed by atoms with Crippen LogP contribution in [0.2, 0.25) is 0 Å². The standard InChI is InChI=1S/C26H23N5O/c1-3-9-19(23(32)4-2)16-29-26-24-21(18-10-6-5-7-11-18)12-8-13-22(24)30-25(31-26)20-14-27-17-28-15-20/h3-15,17,32H,2,16H2,1H3,(H,29,30,31)/b9-3-,23-19-. The molecule has 2 aromatic heterocycles. The van der Waals surface area contributed by atoms with Gasteiger partial charge in [0, 0.05) is 24.5 Å². The molecule has 2 N–H and O–H groups in total. The third-order valence-electron chi connectivity index (χ3n) is 4.96. The zero-order chi connectivity index (χ0) is 22.3. The molecule has 4 rings (SSSR count). The van der Waals surface area contributed by atoms with E-state index in [4.69, 9.17) is 9.97 Å². The largest absolute Gasteiger partial charge is 0.508 e. The van der Waals surface area contributed by atoms with Crippen LogP contribution in [0.5, 0.6) is 0 Å². The van der Waals surface area contributed by atoms with Gasteiger partial charge in [0.15, 0.2) is 5.82 Å². The predicted molar refractivity (Wildman–Crippen MR) is 129 cm³/mol. The summed E-state index contributed by atoms with van der Waals surface area (Å²) < 4.78 is 0. The maximum atomic E-state index is 10.2. The lowest BCUT2D eigenvalue weighted by Gasteiger charge is -2.15. The number of hydrogen-bond donors (Lipinski definition) is 2. The van der Waals surface area contributed by atoms with Gasteiger partial charge in [-0.1, -0.05) is 61.2 Å². The average molecular weight is 422 g/mol. The Morgan fingerprint density at radius 2 is 1.78 bits per heavy atom. The molecule has 0 spiro atoms. The van der Waals surface area contributed by atoms with Crippen LogP contribution in [0, 0.1) is 0 Å². The SMILES string of the molecule is C=C/C(O)=C(\C=C/C)CNc1nc(-c2cncnc2)nc2cccc(-c3ccccc3)c12. The number of rotatable bonds is 7. The first-order valence-electron chi connectivity index (χ1n) is 10.2. The number of benzene rings is 2. The highest BCUT2D eigenvalue weighted by Gasteiger charge is 2.15. The van der Waals surface area contributed by atoms with E-state index in [0.29, 0.717) is 23.8 Å². The summed E-state index contributed by atoms with van der Waals surface area (Å²) in [7, 11) is 0. The predicted octanol–water partition coefficient (Wildman–Crippen LogP) is 5.74. The highest BCUT2D eigenvalue weighted by molar-refractivity contribution is 6.02. The van der Waals surface area contributed by atoms with Crippen LogP contribution in [0.15, 0.2) is 103 Å². The van der Waals surface area contributed by atoms with Crippen molar-refractivity contribution in [3.63, 3.8) is 0 Å². The van der Waals surface area contributed by atoms with E-state index < -0.39 is 0 Å². The number of nitrogens with zero attached hydrogens (tertiary/aromatic N) is 4. The average Bonchev–Trinajstić information content (AvgIpc) is 2.86. The van der Waals surface area contributed by atoms with Crippen LogP contribution in [0.4, 0.5) is 5.82 Å².